The van der Waals surface area contributed by atoms with Crippen molar-refractivity contribution >= 4 is 23.7 Å². The molecule has 0 aromatic heterocycles. The number of nitrogens with one attached hydrogen (secondary N) is 1. The van der Waals surface area contributed by atoms with Crippen molar-refractivity contribution in [2.45, 2.75) is 38.8 Å². The summed E-state index contributed by atoms with van der Waals surface area (Å²) in [7, 11) is 0. The van der Waals surface area contributed by atoms with E-state index in [0.29, 0.717) is 0 Å². The molecule has 0 saturated carbocycles. The van der Waals surface area contributed by atoms with E-state index >= 15 is 0 Å². The SMILES string of the molecule is CCOC(=O)C1CC(C(=O)N2C(=O)OCC2(C)C)=NN1. The van der Waals surface area contributed by atoms with Crippen LogP contribution < -0.4 is 5.43 Å². The predicted octanol–water partition coefficient (Wildman–Crippen LogP) is 0.0248. The van der Waals surface area contributed by atoms with Crippen LogP contribution in [0.15, 0.2) is 5.10 Å². The molecule has 0 aromatic rings. The number of hydrogen-bond donors (Lipinski definition) is 1. The first-order chi connectivity index (χ1) is 9.36. The number of nitrogens with zero attached hydrogens (tertiary/aromatic N) is 2. The second-order valence-electron chi connectivity index (χ2n) is 5.20. The summed E-state index contributed by atoms with van der Waals surface area (Å²) in [6.07, 6.45) is -0.598. The number of carbonyl (C=O) groups excluding carboxylic acids is 3. The van der Waals surface area contributed by atoms with E-state index in [2.05, 4.69) is 10.5 Å². The Morgan fingerprint density at radius 1 is 1.55 bits per heavy atom. The van der Waals surface area contributed by atoms with Gasteiger partial charge in [0.15, 0.2) is 0 Å². The van der Waals surface area contributed by atoms with Crippen LogP contribution in [0.5, 0.6) is 0 Å². The summed E-state index contributed by atoms with van der Waals surface area (Å²) < 4.78 is 9.72. The molecule has 20 heavy (non-hydrogen) atoms. The quantitative estimate of drug-likeness (QED) is 0.734. The third-order valence-corrected chi connectivity index (χ3v) is 3.11. The average molecular weight is 283 g/mol. The molecule has 1 saturated heterocycles. The van der Waals surface area contributed by atoms with Gasteiger partial charge in [0.05, 0.1) is 12.1 Å². The molecule has 0 bridgehead atoms. The van der Waals surface area contributed by atoms with Crippen molar-refractivity contribution in [3.8, 4) is 0 Å². The van der Waals surface area contributed by atoms with Gasteiger partial charge in [-0.05, 0) is 20.8 Å². The first-order valence-electron chi connectivity index (χ1n) is 6.37. The van der Waals surface area contributed by atoms with Gasteiger partial charge in [-0.15, -0.1) is 0 Å². The highest BCUT2D eigenvalue weighted by atomic mass is 16.6. The Kier molecular flexibility index (Phi) is 3.65. The minimum absolute atomic E-state index is 0.0948. The van der Waals surface area contributed by atoms with Gasteiger partial charge < -0.3 is 9.47 Å². The van der Waals surface area contributed by atoms with Crippen molar-refractivity contribution in [1.82, 2.24) is 10.3 Å². The molecule has 1 fully saturated rings. The molecule has 2 rings (SSSR count). The molecule has 110 valence electrons. The van der Waals surface area contributed by atoms with Gasteiger partial charge in [-0.25, -0.2) is 14.5 Å². The number of imide groups is 1. The molecule has 0 radical (unpaired) electrons. The normalized spacial score (nSPS) is 23.9. The van der Waals surface area contributed by atoms with Crippen molar-refractivity contribution in [1.29, 1.82) is 0 Å². The van der Waals surface area contributed by atoms with Gasteiger partial charge >= 0.3 is 12.1 Å². The van der Waals surface area contributed by atoms with E-state index in [0.717, 1.165) is 4.90 Å². The van der Waals surface area contributed by atoms with E-state index in [1.54, 1.807) is 20.8 Å². The number of carbonyl (C=O) groups is 3. The lowest BCUT2D eigenvalue weighted by Crippen LogP contribution is -2.49. The summed E-state index contributed by atoms with van der Waals surface area (Å²) in [4.78, 5) is 36.5. The molecule has 8 heteroatoms. The third kappa shape index (κ3) is 2.45. The smallest absolute Gasteiger partial charge is 0.417 e. The summed E-state index contributed by atoms with van der Waals surface area (Å²) in [5.74, 6) is -1.01. The minimum atomic E-state index is -0.724. The Morgan fingerprint density at radius 3 is 2.80 bits per heavy atom. The Labute approximate surface area is 116 Å². The zero-order valence-electron chi connectivity index (χ0n) is 11.6. The number of hydrazone groups is 1. The van der Waals surface area contributed by atoms with Gasteiger partial charge in [0, 0.05) is 6.42 Å². The maximum absolute atomic E-state index is 12.3. The van der Waals surface area contributed by atoms with Crippen LogP contribution in [0.2, 0.25) is 0 Å². The number of rotatable bonds is 3. The van der Waals surface area contributed by atoms with Crippen LogP contribution in [-0.2, 0) is 19.1 Å². The van der Waals surface area contributed by atoms with Gasteiger partial charge in [0.2, 0.25) is 0 Å². The van der Waals surface area contributed by atoms with Crippen LogP contribution in [0.4, 0.5) is 4.79 Å². The Morgan fingerprint density at radius 2 is 2.25 bits per heavy atom. The van der Waals surface area contributed by atoms with Crippen LogP contribution >= 0.6 is 0 Å². The summed E-state index contributed by atoms with van der Waals surface area (Å²) in [6, 6.07) is -0.685. The lowest BCUT2D eigenvalue weighted by atomic mass is 10.0. The van der Waals surface area contributed by atoms with Crippen LogP contribution in [-0.4, -0.2) is 53.4 Å². The molecule has 2 aliphatic rings. The second kappa shape index (κ2) is 5.10. The maximum Gasteiger partial charge on any atom is 0.417 e. The number of amides is 2. The standard InChI is InChI=1S/C12H17N3O5/c1-4-19-10(17)8-5-7(13-14-8)9(16)15-11(18)20-6-12(15,2)3/h8,14H,4-6H2,1-3H3. The Balaban J connectivity index is 2.05. The largest absolute Gasteiger partial charge is 0.464 e. The molecule has 0 spiro atoms. The lowest BCUT2D eigenvalue weighted by molar-refractivity contribution is -0.145. The molecule has 1 unspecified atom stereocenters. The van der Waals surface area contributed by atoms with Gasteiger partial charge in [-0.3, -0.25) is 10.2 Å². The molecule has 2 aliphatic heterocycles. The van der Waals surface area contributed by atoms with E-state index < -0.39 is 29.6 Å². The molecule has 2 heterocycles. The van der Waals surface area contributed by atoms with Crippen molar-refractivity contribution < 1.29 is 23.9 Å². The summed E-state index contributed by atoms with van der Waals surface area (Å²) in [5.41, 5.74) is 1.95. The van der Waals surface area contributed by atoms with E-state index in [1.807, 2.05) is 0 Å². The highest BCUT2D eigenvalue weighted by Gasteiger charge is 2.46. The van der Waals surface area contributed by atoms with Gasteiger partial charge in [0.25, 0.3) is 5.91 Å². The number of ether oxygens (including phenoxy) is 2. The first-order valence-corrected chi connectivity index (χ1v) is 6.37. The van der Waals surface area contributed by atoms with Crippen molar-refractivity contribution in [3.05, 3.63) is 0 Å². The molecule has 0 aliphatic carbocycles. The van der Waals surface area contributed by atoms with E-state index in [-0.39, 0.29) is 25.3 Å². The van der Waals surface area contributed by atoms with Crippen LogP contribution in [0.1, 0.15) is 27.2 Å². The summed E-state index contributed by atoms with van der Waals surface area (Å²) >= 11 is 0. The molecular formula is C12H17N3O5. The predicted molar refractivity (Wildman–Crippen MR) is 67.9 cm³/mol. The fraction of sp³-hybridized carbons (Fsp3) is 0.667. The molecule has 1 N–H and O–H groups in total. The van der Waals surface area contributed by atoms with Crippen molar-refractivity contribution in [3.63, 3.8) is 0 Å². The van der Waals surface area contributed by atoms with Gasteiger partial charge in [-0.1, -0.05) is 0 Å². The Hall–Kier alpha value is -2.12. The minimum Gasteiger partial charge on any atom is -0.464 e. The maximum atomic E-state index is 12.3. The number of esters is 1. The van der Waals surface area contributed by atoms with Crippen LogP contribution in [0.25, 0.3) is 0 Å². The van der Waals surface area contributed by atoms with Crippen molar-refractivity contribution in [2.24, 2.45) is 5.10 Å². The zero-order chi connectivity index (χ0) is 14.9. The van der Waals surface area contributed by atoms with E-state index in [9.17, 15) is 14.4 Å². The first kappa shape index (κ1) is 14.3. The second-order valence-corrected chi connectivity index (χ2v) is 5.20. The molecule has 2 amide bonds. The fourth-order valence-electron chi connectivity index (χ4n) is 2.06. The highest BCUT2D eigenvalue weighted by molar-refractivity contribution is 6.42. The third-order valence-electron chi connectivity index (χ3n) is 3.11. The van der Waals surface area contributed by atoms with Crippen LogP contribution in [0, 0.1) is 0 Å². The molecule has 8 nitrogen and oxygen atoms in total. The van der Waals surface area contributed by atoms with Crippen LogP contribution in [0.3, 0.4) is 0 Å². The molecule has 0 aromatic carbocycles. The van der Waals surface area contributed by atoms with E-state index in [1.165, 1.54) is 0 Å². The summed E-state index contributed by atoms with van der Waals surface area (Å²) in [6.45, 7) is 5.54. The van der Waals surface area contributed by atoms with E-state index in [4.69, 9.17) is 9.47 Å². The van der Waals surface area contributed by atoms with Crippen molar-refractivity contribution in [2.75, 3.05) is 13.2 Å². The number of hydrogen-bond acceptors (Lipinski definition) is 7. The van der Waals surface area contributed by atoms with Gasteiger partial charge in [-0.2, -0.15) is 5.10 Å². The molecular weight excluding hydrogens is 266 g/mol. The summed E-state index contributed by atoms with van der Waals surface area (Å²) in [5, 5.41) is 3.83. The topological polar surface area (TPSA) is 97.3 Å². The van der Waals surface area contributed by atoms with Gasteiger partial charge in [0.1, 0.15) is 18.4 Å². The lowest BCUT2D eigenvalue weighted by Gasteiger charge is -2.25. The fourth-order valence-corrected chi connectivity index (χ4v) is 2.06. The monoisotopic (exact) mass is 283 g/mol. The highest BCUT2D eigenvalue weighted by Crippen LogP contribution is 2.24. The number of cyclic esters (lactones) is 1. The zero-order valence-corrected chi connectivity index (χ0v) is 11.6. The average Bonchev–Trinajstić information content (AvgIpc) is 2.95. The Bertz CT molecular complexity index is 485. The molecule has 1 atom stereocenters.